The Kier molecular flexibility index (Phi) is 12.3. The molecule has 2 saturated carbocycles. The van der Waals surface area contributed by atoms with Gasteiger partial charge in [0, 0.05) is 30.8 Å². The van der Waals surface area contributed by atoms with Crippen LogP contribution in [-0.4, -0.2) is 95.8 Å². The number of pyridine rings is 1. The second kappa shape index (κ2) is 16.3. The molecule has 1 saturated heterocycles. The Hall–Kier alpha value is -4.25. The molecule has 6 rings (SSSR count). The summed E-state index contributed by atoms with van der Waals surface area (Å²) in [6.45, 7) is 7.99. The monoisotopic (exact) mass is 865 g/mol. The number of halogens is 3. The number of fused-ring (bicyclic) bond motifs is 3. The van der Waals surface area contributed by atoms with Crippen LogP contribution in [0.25, 0.3) is 10.8 Å². The van der Waals surface area contributed by atoms with E-state index in [1.54, 1.807) is 25.1 Å². The topological polar surface area (TPSA) is 182 Å². The fraction of sp³-hybridized carbons (Fsp3) is 0.634. The highest BCUT2D eigenvalue weighted by Crippen LogP contribution is 2.48. The zero-order chi connectivity index (χ0) is 43.3. The second-order valence-electron chi connectivity index (χ2n) is 17.4. The summed E-state index contributed by atoms with van der Waals surface area (Å²) >= 11 is 6.47. The first-order chi connectivity index (χ1) is 27.5. The fourth-order valence-electron chi connectivity index (χ4n) is 7.85. The molecule has 7 atom stereocenters. The van der Waals surface area contributed by atoms with Gasteiger partial charge in [0.25, 0.3) is 11.8 Å². The van der Waals surface area contributed by atoms with E-state index < -0.39 is 85.7 Å². The van der Waals surface area contributed by atoms with Gasteiger partial charge in [-0.1, -0.05) is 44.0 Å². The van der Waals surface area contributed by atoms with Gasteiger partial charge in [0.15, 0.2) is 5.60 Å². The van der Waals surface area contributed by atoms with Gasteiger partial charge >= 0.3 is 6.09 Å². The SMILES string of the molecule is CC[C@@H]1C[C@H](C)CC/C=C\[C@@H]2C[C@@]2(C(=O)NS(=O)(=O)C2(C)CC2)NC(=O)[C@@H]2C[C@@H](Oc3nccc4cc(OC)c(Cl)cc34)CN2C(=O)[C@H]1NC(=O)OC(C)(C)C(C)(F)F. The molecule has 0 spiro atoms. The fourth-order valence-corrected chi connectivity index (χ4v) is 9.40. The number of nitrogens with one attached hydrogen (secondary N) is 3. The van der Waals surface area contributed by atoms with Crippen molar-refractivity contribution in [1.29, 1.82) is 0 Å². The van der Waals surface area contributed by atoms with E-state index in [4.69, 9.17) is 25.8 Å². The van der Waals surface area contributed by atoms with Crippen LogP contribution in [0.2, 0.25) is 5.02 Å². The van der Waals surface area contributed by atoms with Crippen molar-refractivity contribution in [3.05, 3.63) is 41.6 Å². The number of ether oxygens (including phenoxy) is 3. The van der Waals surface area contributed by atoms with E-state index in [0.717, 1.165) is 13.8 Å². The summed E-state index contributed by atoms with van der Waals surface area (Å²) in [6.07, 6.45) is 6.07. The maximum atomic E-state index is 15.0. The number of hydrogen-bond acceptors (Lipinski definition) is 10. The van der Waals surface area contributed by atoms with Crippen LogP contribution in [0.15, 0.2) is 36.5 Å². The molecule has 59 heavy (non-hydrogen) atoms. The van der Waals surface area contributed by atoms with Crippen molar-refractivity contribution in [1.82, 2.24) is 25.2 Å². The molecule has 18 heteroatoms. The highest BCUT2D eigenvalue weighted by molar-refractivity contribution is 7.91. The predicted octanol–water partition coefficient (Wildman–Crippen LogP) is 6.05. The number of alkyl halides is 2. The molecule has 2 aliphatic heterocycles. The van der Waals surface area contributed by atoms with Crippen LogP contribution in [0.4, 0.5) is 13.6 Å². The molecule has 3 heterocycles. The Balaban J connectivity index is 1.38. The van der Waals surface area contributed by atoms with Gasteiger partial charge in [-0.25, -0.2) is 27.0 Å². The molecular weight excluding hydrogens is 812 g/mol. The summed E-state index contributed by atoms with van der Waals surface area (Å²) in [6, 6.07) is 2.48. The van der Waals surface area contributed by atoms with Crippen molar-refractivity contribution in [2.75, 3.05) is 13.7 Å². The Morgan fingerprint density at radius 3 is 2.51 bits per heavy atom. The quantitative estimate of drug-likeness (QED) is 0.238. The van der Waals surface area contributed by atoms with Crippen LogP contribution >= 0.6 is 11.6 Å². The number of allylic oxidation sites excluding steroid dienone is 1. The lowest BCUT2D eigenvalue weighted by atomic mass is 9.85. The molecule has 1 aromatic heterocycles. The number of benzene rings is 1. The number of carbonyl (C=O) groups excluding carboxylic acids is 4. The highest BCUT2D eigenvalue weighted by atomic mass is 35.5. The van der Waals surface area contributed by atoms with Gasteiger partial charge in [0.1, 0.15) is 29.5 Å². The Labute approximate surface area is 348 Å². The molecule has 2 aliphatic carbocycles. The molecular formula is C41H54ClF2N5O9S. The predicted molar refractivity (Wildman–Crippen MR) is 216 cm³/mol. The molecule has 3 N–H and O–H groups in total. The minimum Gasteiger partial charge on any atom is -0.495 e. The first-order valence-corrected chi connectivity index (χ1v) is 21.9. The summed E-state index contributed by atoms with van der Waals surface area (Å²) in [5, 5.41) is 6.95. The van der Waals surface area contributed by atoms with E-state index >= 15 is 0 Å². The average Bonchev–Trinajstić information content (AvgIpc) is 4.03. The molecule has 0 bridgehead atoms. The van der Waals surface area contributed by atoms with E-state index in [2.05, 4.69) is 20.3 Å². The maximum absolute atomic E-state index is 15.0. The minimum absolute atomic E-state index is 0.0176. The molecule has 14 nitrogen and oxygen atoms in total. The number of alkyl carbamates (subject to hydrolysis) is 1. The van der Waals surface area contributed by atoms with E-state index in [-0.39, 0.29) is 31.2 Å². The summed E-state index contributed by atoms with van der Waals surface area (Å²) in [5.74, 6) is -6.15. The van der Waals surface area contributed by atoms with Crippen molar-refractivity contribution in [2.45, 2.75) is 133 Å². The molecule has 0 radical (unpaired) electrons. The summed E-state index contributed by atoms with van der Waals surface area (Å²) < 4.78 is 73.5. The summed E-state index contributed by atoms with van der Waals surface area (Å²) in [4.78, 5) is 62.6. The number of nitrogens with zero attached hydrogens (tertiary/aromatic N) is 2. The van der Waals surface area contributed by atoms with Gasteiger partial charge < -0.3 is 29.7 Å². The largest absolute Gasteiger partial charge is 0.495 e. The van der Waals surface area contributed by atoms with Crippen LogP contribution in [0.1, 0.15) is 92.9 Å². The zero-order valence-corrected chi connectivity index (χ0v) is 36.0. The average molecular weight is 866 g/mol. The van der Waals surface area contributed by atoms with E-state index in [1.165, 1.54) is 18.2 Å². The number of aromatic nitrogens is 1. The number of rotatable bonds is 10. The van der Waals surface area contributed by atoms with Gasteiger partial charge in [-0.2, -0.15) is 0 Å². The molecule has 324 valence electrons. The minimum atomic E-state index is -4.07. The first kappa shape index (κ1) is 44.3. The van der Waals surface area contributed by atoms with Crippen LogP contribution in [0.3, 0.4) is 0 Å². The van der Waals surface area contributed by atoms with Gasteiger partial charge in [0.2, 0.25) is 27.7 Å². The summed E-state index contributed by atoms with van der Waals surface area (Å²) in [7, 11) is -2.58. The lowest BCUT2D eigenvalue weighted by Crippen LogP contribution is -2.60. The van der Waals surface area contributed by atoms with Crippen molar-refractivity contribution in [3.63, 3.8) is 0 Å². The van der Waals surface area contributed by atoms with Crippen molar-refractivity contribution in [2.24, 2.45) is 17.8 Å². The third-order valence-electron chi connectivity index (χ3n) is 12.6. The number of sulfonamides is 1. The van der Waals surface area contributed by atoms with Crippen molar-refractivity contribution < 1.29 is 50.6 Å². The number of methoxy groups -OCH3 is 1. The van der Waals surface area contributed by atoms with Crippen molar-refractivity contribution in [3.8, 4) is 11.6 Å². The highest BCUT2D eigenvalue weighted by Gasteiger charge is 2.63. The van der Waals surface area contributed by atoms with E-state index in [9.17, 15) is 36.4 Å². The molecule has 0 unspecified atom stereocenters. The Morgan fingerprint density at radius 1 is 1.15 bits per heavy atom. The van der Waals surface area contributed by atoms with Crippen LogP contribution < -0.4 is 24.8 Å². The van der Waals surface area contributed by atoms with Crippen molar-refractivity contribution >= 4 is 56.2 Å². The molecule has 4 amide bonds. The number of amides is 4. The van der Waals surface area contributed by atoms with Gasteiger partial charge in [-0.05, 0) is 94.7 Å². The number of hydrogen-bond donors (Lipinski definition) is 3. The van der Waals surface area contributed by atoms with E-state index in [0.29, 0.717) is 67.0 Å². The first-order valence-electron chi connectivity index (χ1n) is 20.1. The van der Waals surface area contributed by atoms with E-state index in [1.807, 2.05) is 26.0 Å². The van der Waals surface area contributed by atoms with Crippen LogP contribution in [0, 0.1) is 17.8 Å². The lowest BCUT2D eigenvalue weighted by Gasteiger charge is -2.35. The zero-order valence-electron chi connectivity index (χ0n) is 34.4. The maximum Gasteiger partial charge on any atom is 0.408 e. The normalized spacial score (nSPS) is 29.2. The molecule has 2 aromatic rings. The molecule has 3 fully saturated rings. The third kappa shape index (κ3) is 9.10. The second-order valence-corrected chi connectivity index (χ2v) is 20.0. The van der Waals surface area contributed by atoms with Gasteiger partial charge in [-0.15, -0.1) is 0 Å². The Morgan fingerprint density at radius 2 is 1.86 bits per heavy atom. The van der Waals surface area contributed by atoms with Crippen LogP contribution in [-0.2, 0) is 29.1 Å². The smallest absolute Gasteiger partial charge is 0.408 e. The lowest BCUT2D eigenvalue weighted by molar-refractivity contribution is -0.152. The van der Waals surface area contributed by atoms with Gasteiger partial charge in [0.05, 0.1) is 23.4 Å². The van der Waals surface area contributed by atoms with Crippen LogP contribution in [0.5, 0.6) is 11.6 Å². The Bertz CT molecular complexity index is 2130. The summed E-state index contributed by atoms with van der Waals surface area (Å²) in [5.41, 5.74) is -3.85. The molecule has 1 aromatic carbocycles. The number of carbonyl (C=O) groups is 4. The molecule has 4 aliphatic rings. The standard InChI is InChI=1S/C41H54ClF2N5O9S/c1-8-24-17-23(2)11-9-10-12-26-21-41(26,36(52)48-59(54,55)39(5)14-15-39)47-33(50)30-19-27(57-34-28-20-29(42)31(56-7)18-25(28)13-16-45-34)22-49(30)35(51)32(24)46-37(53)58-38(3,4)40(6,43)44/h10,12-13,16,18,20,23-24,26-27,30,32H,8-9,11,14-15,17,19,21-22H2,1-7H3,(H,46,53)(H,47,50)(H,48,52)/b12-10-/t23-,24-,26-,27-,30+,32+,41-/m1/s1. The van der Waals surface area contributed by atoms with Gasteiger partial charge in [-0.3, -0.25) is 19.1 Å². The third-order valence-corrected chi connectivity index (χ3v) is 15.0.